The second-order valence-corrected chi connectivity index (χ2v) is 7.42. The highest BCUT2D eigenvalue weighted by Crippen LogP contribution is 2.29. The molecule has 0 amide bonds. The van der Waals surface area contributed by atoms with Gasteiger partial charge in [-0.3, -0.25) is 4.79 Å². The molecule has 0 aliphatic rings. The third-order valence-corrected chi connectivity index (χ3v) is 5.29. The van der Waals surface area contributed by atoms with Gasteiger partial charge in [-0.2, -0.15) is 0 Å². The summed E-state index contributed by atoms with van der Waals surface area (Å²) >= 11 is 0. The standard InChI is InChI=1S/C28H24O2/c29-21-30-27-19-25(16-22-10-4-1-5-11-22)28(18-24-14-8-3-9-15-24)26(20-27)17-23-12-6-2-7-13-23/h1-15,19-21H,16-18H2. The van der Waals surface area contributed by atoms with Crippen LogP contribution >= 0.6 is 0 Å². The van der Waals surface area contributed by atoms with E-state index < -0.39 is 0 Å². The van der Waals surface area contributed by atoms with E-state index in [4.69, 9.17) is 4.74 Å². The fraction of sp³-hybridized carbons (Fsp3) is 0.107. The monoisotopic (exact) mass is 392 g/mol. The minimum Gasteiger partial charge on any atom is -0.429 e. The van der Waals surface area contributed by atoms with Crippen LogP contribution in [-0.2, 0) is 24.1 Å². The number of carbonyl (C=O) groups excluding carboxylic acids is 1. The molecule has 0 spiro atoms. The van der Waals surface area contributed by atoms with Crippen molar-refractivity contribution in [1.29, 1.82) is 0 Å². The van der Waals surface area contributed by atoms with Crippen LogP contribution in [0.2, 0.25) is 0 Å². The van der Waals surface area contributed by atoms with Crippen LogP contribution < -0.4 is 4.74 Å². The lowest BCUT2D eigenvalue weighted by atomic mass is 9.88. The van der Waals surface area contributed by atoms with E-state index in [1.165, 1.54) is 33.4 Å². The van der Waals surface area contributed by atoms with Crippen LogP contribution in [0.25, 0.3) is 0 Å². The quantitative estimate of drug-likeness (QED) is 0.344. The Morgan fingerprint density at radius 3 is 1.37 bits per heavy atom. The summed E-state index contributed by atoms with van der Waals surface area (Å²) < 4.78 is 5.29. The summed E-state index contributed by atoms with van der Waals surface area (Å²) in [6.45, 7) is 0.505. The smallest absolute Gasteiger partial charge is 0.298 e. The zero-order valence-corrected chi connectivity index (χ0v) is 16.8. The first-order chi connectivity index (χ1) is 14.8. The molecule has 4 aromatic carbocycles. The van der Waals surface area contributed by atoms with Gasteiger partial charge >= 0.3 is 0 Å². The minimum atomic E-state index is 0.505. The number of benzene rings is 4. The molecule has 30 heavy (non-hydrogen) atoms. The van der Waals surface area contributed by atoms with Crippen LogP contribution in [0.5, 0.6) is 5.75 Å². The minimum absolute atomic E-state index is 0.505. The number of rotatable bonds is 8. The summed E-state index contributed by atoms with van der Waals surface area (Å²) in [6.07, 6.45) is 2.42. The van der Waals surface area contributed by atoms with Gasteiger partial charge in [0, 0.05) is 0 Å². The molecule has 0 aromatic heterocycles. The maximum Gasteiger partial charge on any atom is 0.298 e. The van der Waals surface area contributed by atoms with Crippen LogP contribution in [-0.4, -0.2) is 6.47 Å². The van der Waals surface area contributed by atoms with Crippen molar-refractivity contribution < 1.29 is 9.53 Å². The number of hydrogen-bond acceptors (Lipinski definition) is 2. The van der Waals surface area contributed by atoms with E-state index in [0.29, 0.717) is 12.2 Å². The fourth-order valence-corrected chi connectivity index (χ4v) is 3.86. The van der Waals surface area contributed by atoms with E-state index in [0.717, 1.165) is 19.3 Å². The lowest BCUT2D eigenvalue weighted by molar-refractivity contribution is -0.120. The molecule has 0 bridgehead atoms. The fourth-order valence-electron chi connectivity index (χ4n) is 3.86. The van der Waals surface area contributed by atoms with Gasteiger partial charge in [0.2, 0.25) is 0 Å². The SMILES string of the molecule is O=COc1cc(Cc2ccccc2)c(Cc2ccccc2)c(Cc2ccccc2)c1. The highest BCUT2D eigenvalue weighted by Gasteiger charge is 2.14. The Hall–Kier alpha value is -3.65. The predicted molar refractivity (Wildman–Crippen MR) is 121 cm³/mol. The Morgan fingerprint density at radius 1 is 0.567 bits per heavy atom. The van der Waals surface area contributed by atoms with Gasteiger partial charge in [-0.15, -0.1) is 0 Å². The first-order valence-corrected chi connectivity index (χ1v) is 10.2. The lowest BCUT2D eigenvalue weighted by Gasteiger charge is -2.18. The second-order valence-electron chi connectivity index (χ2n) is 7.42. The molecule has 0 saturated carbocycles. The van der Waals surface area contributed by atoms with Crippen molar-refractivity contribution in [3.05, 3.63) is 137 Å². The predicted octanol–water partition coefficient (Wildman–Crippen LogP) is 5.99. The highest BCUT2D eigenvalue weighted by atomic mass is 16.5. The molecular formula is C28H24O2. The van der Waals surface area contributed by atoms with Crippen molar-refractivity contribution in [1.82, 2.24) is 0 Å². The van der Waals surface area contributed by atoms with Gasteiger partial charge in [0.1, 0.15) is 5.75 Å². The van der Waals surface area contributed by atoms with Crippen LogP contribution in [0.4, 0.5) is 0 Å². The van der Waals surface area contributed by atoms with E-state index in [1.807, 2.05) is 30.3 Å². The summed E-state index contributed by atoms with van der Waals surface area (Å²) in [5, 5.41) is 0. The van der Waals surface area contributed by atoms with Gasteiger partial charge in [-0.05, 0) is 64.8 Å². The van der Waals surface area contributed by atoms with Crippen molar-refractivity contribution in [3.8, 4) is 5.75 Å². The van der Waals surface area contributed by atoms with E-state index in [9.17, 15) is 4.79 Å². The summed E-state index contributed by atoms with van der Waals surface area (Å²) in [7, 11) is 0. The van der Waals surface area contributed by atoms with Crippen LogP contribution in [0, 0.1) is 0 Å². The summed E-state index contributed by atoms with van der Waals surface area (Å²) in [5.74, 6) is 0.596. The molecule has 0 atom stereocenters. The molecule has 2 nitrogen and oxygen atoms in total. The van der Waals surface area contributed by atoms with Crippen molar-refractivity contribution in [3.63, 3.8) is 0 Å². The number of carbonyl (C=O) groups is 1. The lowest BCUT2D eigenvalue weighted by Crippen LogP contribution is -2.05. The molecule has 0 N–H and O–H groups in total. The molecular weight excluding hydrogens is 368 g/mol. The van der Waals surface area contributed by atoms with E-state index in [-0.39, 0.29) is 0 Å². The third-order valence-electron chi connectivity index (χ3n) is 5.29. The maximum absolute atomic E-state index is 11.1. The number of hydrogen-bond donors (Lipinski definition) is 0. The highest BCUT2D eigenvalue weighted by molar-refractivity contribution is 5.52. The van der Waals surface area contributed by atoms with Crippen LogP contribution in [0.1, 0.15) is 33.4 Å². The third kappa shape index (κ3) is 5.03. The molecule has 0 unspecified atom stereocenters. The van der Waals surface area contributed by atoms with Gasteiger partial charge in [-0.1, -0.05) is 91.0 Å². The Bertz CT molecular complexity index is 1020. The van der Waals surface area contributed by atoms with E-state index in [1.54, 1.807) is 0 Å². The summed E-state index contributed by atoms with van der Waals surface area (Å²) in [4.78, 5) is 11.1. The zero-order valence-electron chi connectivity index (χ0n) is 16.8. The summed E-state index contributed by atoms with van der Waals surface area (Å²) in [6, 6.07) is 35.4. The molecule has 148 valence electrons. The largest absolute Gasteiger partial charge is 0.429 e. The molecule has 0 saturated heterocycles. The van der Waals surface area contributed by atoms with Gasteiger partial charge in [0.05, 0.1) is 0 Å². The van der Waals surface area contributed by atoms with Crippen LogP contribution in [0.3, 0.4) is 0 Å². The topological polar surface area (TPSA) is 26.3 Å². The van der Waals surface area contributed by atoms with Gasteiger partial charge < -0.3 is 4.74 Å². The average Bonchev–Trinajstić information content (AvgIpc) is 2.78. The van der Waals surface area contributed by atoms with Gasteiger partial charge in [0.15, 0.2) is 0 Å². The first-order valence-electron chi connectivity index (χ1n) is 10.2. The molecule has 0 aliphatic carbocycles. The molecule has 0 heterocycles. The second kappa shape index (κ2) is 9.71. The van der Waals surface area contributed by atoms with E-state index >= 15 is 0 Å². The Balaban J connectivity index is 1.81. The maximum atomic E-state index is 11.1. The molecule has 0 radical (unpaired) electrons. The van der Waals surface area contributed by atoms with Crippen molar-refractivity contribution >= 4 is 6.47 Å². The Labute approximate surface area is 177 Å². The summed E-state index contributed by atoms with van der Waals surface area (Å²) in [5.41, 5.74) is 7.42. The average molecular weight is 392 g/mol. The van der Waals surface area contributed by atoms with Crippen LogP contribution in [0.15, 0.2) is 103 Å². The molecule has 2 heteroatoms. The molecule has 4 aromatic rings. The molecule has 0 aliphatic heterocycles. The molecule has 0 fully saturated rings. The zero-order chi connectivity index (χ0) is 20.6. The van der Waals surface area contributed by atoms with Gasteiger partial charge in [0.25, 0.3) is 6.47 Å². The Morgan fingerprint density at radius 2 is 0.967 bits per heavy atom. The van der Waals surface area contributed by atoms with Gasteiger partial charge in [-0.25, -0.2) is 0 Å². The Kier molecular flexibility index (Phi) is 6.36. The van der Waals surface area contributed by atoms with Crippen molar-refractivity contribution in [2.24, 2.45) is 0 Å². The van der Waals surface area contributed by atoms with Crippen molar-refractivity contribution in [2.45, 2.75) is 19.3 Å². The number of ether oxygens (including phenoxy) is 1. The van der Waals surface area contributed by atoms with E-state index in [2.05, 4.69) is 72.8 Å². The normalized spacial score (nSPS) is 10.5. The first kappa shape index (κ1) is 19.7. The molecule has 4 rings (SSSR count). The van der Waals surface area contributed by atoms with Crippen molar-refractivity contribution in [2.75, 3.05) is 0 Å².